The van der Waals surface area contributed by atoms with Crippen LogP contribution in [0.1, 0.15) is 79.6 Å². The zero-order valence-electron chi connectivity index (χ0n) is 15.0. The summed E-state index contributed by atoms with van der Waals surface area (Å²) in [4.78, 5) is 26.4. The van der Waals surface area contributed by atoms with Crippen molar-refractivity contribution in [1.82, 2.24) is 4.90 Å². The molecule has 1 amide bonds. The molecule has 0 bridgehead atoms. The lowest BCUT2D eigenvalue weighted by Gasteiger charge is -2.31. The lowest BCUT2D eigenvalue weighted by Crippen LogP contribution is -2.43. The second-order valence-corrected chi connectivity index (χ2v) is 7.51. The highest BCUT2D eigenvalue weighted by molar-refractivity contribution is 5.82. The number of Topliss-reactive ketones (excluding diaryl/α,β-unsaturated/α-hetero) is 1. The van der Waals surface area contributed by atoms with Gasteiger partial charge in [-0.1, -0.05) is 26.2 Å². The maximum Gasteiger partial charge on any atom is 0.410 e. The lowest BCUT2D eigenvalue weighted by atomic mass is 10.00. The predicted molar refractivity (Wildman–Crippen MR) is 88.9 cm³/mol. The summed E-state index contributed by atoms with van der Waals surface area (Å²) in [5.74, 6) is 0.539. The molecule has 0 aromatic heterocycles. The van der Waals surface area contributed by atoms with Gasteiger partial charge < -0.3 is 9.64 Å². The summed E-state index contributed by atoms with van der Waals surface area (Å²) < 4.78 is 5.50. The van der Waals surface area contributed by atoms with Crippen molar-refractivity contribution in [1.29, 1.82) is 0 Å². The van der Waals surface area contributed by atoms with E-state index in [1.54, 1.807) is 4.90 Å². The van der Waals surface area contributed by atoms with E-state index < -0.39 is 5.60 Å². The minimum Gasteiger partial charge on any atom is -0.444 e. The van der Waals surface area contributed by atoms with Gasteiger partial charge in [-0.15, -0.1) is 0 Å². The summed E-state index contributed by atoms with van der Waals surface area (Å²) in [7, 11) is 0. The van der Waals surface area contributed by atoms with E-state index in [9.17, 15) is 9.59 Å². The molecule has 0 spiro atoms. The van der Waals surface area contributed by atoms with Crippen LogP contribution >= 0.6 is 0 Å². The monoisotopic (exact) mass is 311 g/mol. The molecule has 1 rings (SSSR count). The molecule has 0 aliphatic heterocycles. The molecular weight excluding hydrogens is 278 g/mol. The Labute approximate surface area is 135 Å². The van der Waals surface area contributed by atoms with Crippen LogP contribution in [-0.2, 0) is 9.53 Å². The molecule has 4 nitrogen and oxygen atoms in total. The second-order valence-electron chi connectivity index (χ2n) is 7.51. The first kappa shape index (κ1) is 19.0. The van der Waals surface area contributed by atoms with Gasteiger partial charge in [0.05, 0.1) is 0 Å². The number of ketones is 1. The van der Waals surface area contributed by atoms with Gasteiger partial charge in [0.25, 0.3) is 0 Å². The smallest absolute Gasteiger partial charge is 0.410 e. The molecule has 1 saturated carbocycles. The van der Waals surface area contributed by atoms with Gasteiger partial charge in [-0.05, 0) is 47.0 Å². The van der Waals surface area contributed by atoms with Crippen molar-refractivity contribution >= 4 is 11.9 Å². The number of hydrogen-bond acceptors (Lipinski definition) is 3. The van der Waals surface area contributed by atoms with Crippen molar-refractivity contribution in [2.75, 3.05) is 6.54 Å². The molecule has 0 saturated heterocycles. The first-order chi connectivity index (χ1) is 10.2. The third-order valence-corrected chi connectivity index (χ3v) is 4.28. The fraction of sp³-hybridized carbons (Fsp3) is 0.889. The molecule has 0 N–H and O–H groups in total. The molecule has 22 heavy (non-hydrogen) atoms. The van der Waals surface area contributed by atoms with Gasteiger partial charge >= 0.3 is 6.09 Å². The SMILES string of the molecule is CCCC(C)N(CCC(=O)C1CCCC1)C(=O)OC(C)(C)C. The van der Waals surface area contributed by atoms with Crippen molar-refractivity contribution in [3.8, 4) is 0 Å². The van der Waals surface area contributed by atoms with Crippen molar-refractivity contribution < 1.29 is 14.3 Å². The number of ether oxygens (including phenoxy) is 1. The summed E-state index contributed by atoms with van der Waals surface area (Å²) in [6, 6.07) is 0.108. The van der Waals surface area contributed by atoms with Crippen LogP contribution in [0.5, 0.6) is 0 Å². The summed E-state index contributed by atoms with van der Waals surface area (Å²) in [5, 5.41) is 0. The Kier molecular flexibility index (Phi) is 7.37. The van der Waals surface area contributed by atoms with Crippen LogP contribution in [0.25, 0.3) is 0 Å². The summed E-state index contributed by atoms with van der Waals surface area (Å²) in [6.07, 6.45) is 6.47. The number of amides is 1. The Morgan fingerprint density at radius 3 is 2.32 bits per heavy atom. The Bertz CT molecular complexity index is 367. The topological polar surface area (TPSA) is 46.6 Å². The van der Waals surface area contributed by atoms with Crippen molar-refractivity contribution in [3.05, 3.63) is 0 Å². The third-order valence-electron chi connectivity index (χ3n) is 4.28. The van der Waals surface area contributed by atoms with Gasteiger partial charge in [0, 0.05) is 24.9 Å². The van der Waals surface area contributed by atoms with E-state index in [0.29, 0.717) is 18.7 Å². The largest absolute Gasteiger partial charge is 0.444 e. The predicted octanol–water partition coefficient (Wildman–Crippen LogP) is 4.56. The number of rotatable bonds is 7. The quantitative estimate of drug-likeness (QED) is 0.692. The van der Waals surface area contributed by atoms with Crippen LogP contribution in [0.15, 0.2) is 0 Å². The standard InChI is InChI=1S/C18H33NO3/c1-6-9-14(2)19(17(21)22-18(3,4)5)13-12-16(20)15-10-7-8-11-15/h14-15H,6-13H2,1-5H3. The third kappa shape index (κ3) is 6.37. The van der Waals surface area contributed by atoms with Crippen LogP contribution in [0, 0.1) is 5.92 Å². The highest BCUT2D eigenvalue weighted by atomic mass is 16.6. The normalized spacial score (nSPS) is 17.3. The molecule has 1 unspecified atom stereocenters. The Hall–Kier alpha value is -1.06. The van der Waals surface area contributed by atoms with E-state index >= 15 is 0 Å². The maximum absolute atomic E-state index is 12.4. The van der Waals surface area contributed by atoms with Crippen molar-refractivity contribution in [2.24, 2.45) is 5.92 Å². The highest BCUT2D eigenvalue weighted by Crippen LogP contribution is 2.26. The van der Waals surface area contributed by atoms with Crippen LogP contribution in [0.2, 0.25) is 0 Å². The molecule has 1 atom stereocenters. The first-order valence-corrected chi connectivity index (χ1v) is 8.77. The molecule has 0 aromatic rings. The van der Waals surface area contributed by atoms with E-state index in [4.69, 9.17) is 4.74 Å². The van der Waals surface area contributed by atoms with E-state index in [1.807, 2.05) is 27.7 Å². The zero-order chi connectivity index (χ0) is 16.8. The molecule has 0 aromatic carbocycles. The Morgan fingerprint density at radius 1 is 1.23 bits per heavy atom. The lowest BCUT2D eigenvalue weighted by molar-refractivity contribution is -0.123. The highest BCUT2D eigenvalue weighted by Gasteiger charge is 2.28. The van der Waals surface area contributed by atoms with Crippen molar-refractivity contribution in [3.63, 3.8) is 0 Å². The van der Waals surface area contributed by atoms with Gasteiger partial charge in [-0.2, -0.15) is 0 Å². The molecule has 4 heteroatoms. The molecular formula is C18H33NO3. The second kappa shape index (κ2) is 8.54. The zero-order valence-corrected chi connectivity index (χ0v) is 15.0. The number of hydrogen-bond donors (Lipinski definition) is 0. The van der Waals surface area contributed by atoms with Gasteiger partial charge in [0.15, 0.2) is 0 Å². The molecule has 1 fully saturated rings. The summed E-state index contributed by atoms with van der Waals surface area (Å²) in [5.41, 5.74) is -0.503. The molecule has 1 aliphatic carbocycles. The van der Waals surface area contributed by atoms with Crippen LogP contribution in [0.3, 0.4) is 0 Å². The Morgan fingerprint density at radius 2 is 1.82 bits per heavy atom. The van der Waals surface area contributed by atoms with Crippen LogP contribution < -0.4 is 0 Å². The number of nitrogens with zero attached hydrogens (tertiary/aromatic N) is 1. The molecule has 0 heterocycles. The average molecular weight is 311 g/mol. The molecule has 1 aliphatic rings. The van der Waals surface area contributed by atoms with E-state index in [2.05, 4.69) is 6.92 Å². The number of carbonyl (C=O) groups is 2. The van der Waals surface area contributed by atoms with E-state index in [1.165, 1.54) is 12.8 Å². The fourth-order valence-electron chi connectivity index (χ4n) is 3.07. The van der Waals surface area contributed by atoms with Crippen molar-refractivity contribution in [2.45, 2.75) is 91.2 Å². The van der Waals surface area contributed by atoms with Crippen LogP contribution in [-0.4, -0.2) is 35.0 Å². The summed E-state index contributed by atoms with van der Waals surface area (Å²) >= 11 is 0. The molecule has 0 radical (unpaired) electrons. The van der Waals surface area contributed by atoms with Gasteiger partial charge in [-0.3, -0.25) is 4.79 Å². The summed E-state index contributed by atoms with van der Waals surface area (Å²) in [6.45, 7) is 10.2. The fourth-order valence-corrected chi connectivity index (χ4v) is 3.07. The minimum atomic E-state index is -0.503. The van der Waals surface area contributed by atoms with Gasteiger partial charge in [-0.25, -0.2) is 4.79 Å². The number of carbonyl (C=O) groups excluding carboxylic acids is 2. The maximum atomic E-state index is 12.4. The Balaban J connectivity index is 2.60. The first-order valence-electron chi connectivity index (χ1n) is 8.77. The van der Waals surface area contributed by atoms with E-state index in [-0.39, 0.29) is 18.1 Å². The van der Waals surface area contributed by atoms with Gasteiger partial charge in [0.2, 0.25) is 0 Å². The van der Waals surface area contributed by atoms with Gasteiger partial charge in [0.1, 0.15) is 11.4 Å². The van der Waals surface area contributed by atoms with E-state index in [0.717, 1.165) is 25.7 Å². The molecule has 128 valence electrons. The average Bonchev–Trinajstić information content (AvgIpc) is 2.90. The minimum absolute atomic E-state index is 0.108. The van der Waals surface area contributed by atoms with Crippen LogP contribution in [0.4, 0.5) is 4.79 Å².